The monoisotopic (exact) mass is 767 g/mol. The SMILES string of the molecule is C=C1O[C@@]2(C)C[C@@H](OCc3ccccc3)[C@](C)([C@H](CCCOCc3ccccc3)O[Si](C(C)C)(C(C)C)C(C)C)O[C@@H]2CC[C@@H]1O[Si](CC)(CC)CC. The maximum atomic E-state index is 7.81. The number of fused-ring (bicyclic) bond motifs is 1. The van der Waals surface area contributed by atoms with Crippen molar-refractivity contribution < 1.29 is 27.8 Å². The van der Waals surface area contributed by atoms with Crippen LogP contribution >= 0.6 is 0 Å². The highest BCUT2D eigenvalue weighted by Gasteiger charge is 2.60. The first-order valence-corrected chi connectivity index (χ1v) is 25.5. The van der Waals surface area contributed by atoms with E-state index in [1.165, 1.54) is 5.56 Å². The van der Waals surface area contributed by atoms with Gasteiger partial charge in [-0.25, -0.2) is 0 Å². The standard InChI is InChI=1S/C45H74O6Si2/c1-13-52(14-2,15-3)50-40-28-29-41-44(11,48-37(40)10)31-43(47-33-39-25-20-17-21-26-39)45(12,49-41)42(51-53(34(4)5,35(6)7)36(8)9)27-22-30-46-32-38-23-18-16-19-24-38/h16-21,23-26,34-36,40-43H,10,13-15,22,27-33H2,1-9,11-12H3/t40-,41+,42-,43+,44-,45-/m0/s1. The van der Waals surface area contributed by atoms with Crippen LogP contribution in [0.3, 0.4) is 0 Å². The number of ether oxygens (including phenoxy) is 4. The Morgan fingerprint density at radius 3 is 1.87 bits per heavy atom. The molecule has 6 atom stereocenters. The van der Waals surface area contributed by atoms with Gasteiger partial charge in [-0.15, -0.1) is 0 Å². The van der Waals surface area contributed by atoms with E-state index in [1.807, 2.05) is 6.07 Å². The Labute approximate surface area is 326 Å². The van der Waals surface area contributed by atoms with E-state index in [-0.39, 0.29) is 24.4 Å². The van der Waals surface area contributed by atoms with Crippen LogP contribution in [0.1, 0.15) is 119 Å². The maximum Gasteiger partial charge on any atom is 0.200 e. The minimum atomic E-state index is -2.33. The normalized spacial score (nSPS) is 26.1. The molecule has 0 bridgehead atoms. The predicted octanol–water partition coefficient (Wildman–Crippen LogP) is 12.2. The fourth-order valence-electron chi connectivity index (χ4n) is 9.47. The number of rotatable bonds is 20. The molecule has 2 aliphatic heterocycles. The highest BCUT2D eigenvalue weighted by molar-refractivity contribution is 6.77. The van der Waals surface area contributed by atoms with Gasteiger partial charge in [0.1, 0.15) is 23.1 Å². The third kappa shape index (κ3) is 10.3. The molecule has 298 valence electrons. The summed E-state index contributed by atoms with van der Waals surface area (Å²) in [7, 11) is -4.22. The van der Waals surface area contributed by atoms with Crippen LogP contribution in [0.5, 0.6) is 0 Å². The van der Waals surface area contributed by atoms with Gasteiger partial charge in [0.25, 0.3) is 0 Å². The quantitative estimate of drug-likeness (QED) is 0.0988. The Kier molecular flexibility index (Phi) is 16.1. The topological polar surface area (TPSA) is 55.4 Å². The molecule has 0 radical (unpaired) electrons. The summed E-state index contributed by atoms with van der Waals surface area (Å²) in [6.07, 6.45) is 3.26. The van der Waals surface area contributed by atoms with E-state index in [9.17, 15) is 0 Å². The van der Waals surface area contributed by atoms with Crippen molar-refractivity contribution in [3.05, 3.63) is 84.1 Å². The van der Waals surface area contributed by atoms with Crippen molar-refractivity contribution in [2.75, 3.05) is 6.61 Å². The smallest absolute Gasteiger partial charge is 0.200 e. The zero-order chi connectivity index (χ0) is 38.9. The Balaban J connectivity index is 1.70. The number of hydrogen-bond acceptors (Lipinski definition) is 6. The fourth-order valence-corrected chi connectivity index (χ4v) is 18.0. The van der Waals surface area contributed by atoms with Crippen molar-refractivity contribution in [3.8, 4) is 0 Å². The molecule has 0 aliphatic carbocycles. The van der Waals surface area contributed by atoms with E-state index in [2.05, 4.69) is 137 Å². The highest BCUT2D eigenvalue weighted by atomic mass is 28.4. The molecule has 2 heterocycles. The molecular formula is C45H74O6Si2. The highest BCUT2D eigenvalue weighted by Crippen LogP contribution is 2.51. The maximum absolute atomic E-state index is 7.81. The van der Waals surface area contributed by atoms with Crippen LogP contribution < -0.4 is 0 Å². The van der Waals surface area contributed by atoms with Crippen LogP contribution in [-0.2, 0) is 41.0 Å². The first-order valence-electron chi connectivity index (χ1n) is 20.9. The summed E-state index contributed by atoms with van der Waals surface area (Å²) in [4.78, 5) is 0. The first kappa shape index (κ1) is 43.9. The fraction of sp³-hybridized carbons (Fsp3) is 0.689. The van der Waals surface area contributed by atoms with Gasteiger partial charge in [0.05, 0.1) is 31.5 Å². The predicted molar refractivity (Wildman–Crippen MR) is 224 cm³/mol. The summed E-state index contributed by atoms with van der Waals surface area (Å²) in [6.45, 7) is 31.8. The van der Waals surface area contributed by atoms with Gasteiger partial charge in [0.2, 0.25) is 8.32 Å². The molecule has 0 amide bonds. The zero-order valence-electron chi connectivity index (χ0n) is 35.2. The molecular weight excluding hydrogens is 693 g/mol. The van der Waals surface area contributed by atoms with Gasteiger partial charge < -0.3 is 27.8 Å². The molecule has 0 unspecified atom stereocenters. The van der Waals surface area contributed by atoms with Gasteiger partial charge in [-0.1, -0.05) is 130 Å². The lowest BCUT2D eigenvalue weighted by Gasteiger charge is -2.56. The van der Waals surface area contributed by atoms with E-state index >= 15 is 0 Å². The van der Waals surface area contributed by atoms with Gasteiger partial charge in [0.15, 0.2) is 8.32 Å². The van der Waals surface area contributed by atoms with E-state index in [0.717, 1.165) is 55.1 Å². The number of benzene rings is 2. The summed E-state index contributed by atoms with van der Waals surface area (Å²) in [5, 5.41) is 0. The van der Waals surface area contributed by atoms with Crippen LogP contribution in [-0.4, -0.2) is 58.9 Å². The van der Waals surface area contributed by atoms with Gasteiger partial charge in [0, 0.05) is 13.0 Å². The lowest BCUT2D eigenvalue weighted by atomic mass is 9.76. The average Bonchev–Trinajstić information content (AvgIpc) is 3.25. The molecule has 53 heavy (non-hydrogen) atoms. The summed E-state index contributed by atoms with van der Waals surface area (Å²) in [6, 6.07) is 24.2. The molecule has 4 rings (SSSR count). The first-order chi connectivity index (χ1) is 25.2. The van der Waals surface area contributed by atoms with Crippen molar-refractivity contribution in [1.29, 1.82) is 0 Å². The summed E-state index contributed by atoms with van der Waals surface area (Å²) < 4.78 is 42.7. The molecule has 2 aromatic carbocycles. The Morgan fingerprint density at radius 2 is 1.34 bits per heavy atom. The van der Waals surface area contributed by atoms with Crippen LogP contribution in [0, 0.1) is 0 Å². The Bertz CT molecular complexity index is 1350. The molecule has 2 aliphatic rings. The van der Waals surface area contributed by atoms with Gasteiger partial charge in [-0.2, -0.15) is 0 Å². The molecule has 0 N–H and O–H groups in total. The van der Waals surface area contributed by atoms with Crippen molar-refractivity contribution in [2.24, 2.45) is 0 Å². The average molecular weight is 767 g/mol. The number of hydrogen-bond donors (Lipinski definition) is 0. The third-order valence-electron chi connectivity index (χ3n) is 12.9. The van der Waals surface area contributed by atoms with Gasteiger partial charge in [-0.05, 0) is 85.4 Å². The molecule has 0 aromatic heterocycles. The molecule has 2 aromatic rings. The van der Waals surface area contributed by atoms with E-state index in [1.54, 1.807) is 0 Å². The molecule has 2 fully saturated rings. The second-order valence-corrected chi connectivity index (χ2v) is 27.3. The molecule has 0 spiro atoms. The second-order valence-electron chi connectivity index (χ2n) is 17.2. The van der Waals surface area contributed by atoms with Crippen LogP contribution in [0.25, 0.3) is 0 Å². The van der Waals surface area contributed by atoms with Gasteiger partial charge >= 0.3 is 0 Å². The van der Waals surface area contributed by atoms with Gasteiger partial charge in [-0.3, -0.25) is 0 Å². The second kappa shape index (κ2) is 19.4. The molecule has 6 nitrogen and oxygen atoms in total. The minimum Gasteiger partial charge on any atom is -0.487 e. The lowest BCUT2D eigenvalue weighted by molar-refractivity contribution is -0.289. The third-order valence-corrected chi connectivity index (χ3v) is 23.7. The van der Waals surface area contributed by atoms with E-state index in [0.29, 0.717) is 42.9 Å². The zero-order valence-corrected chi connectivity index (χ0v) is 37.2. The van der Waals surface area contributed by atoms with Crippen LogP contribution in [0.15, 0.2) is 73.0 Å². The molecule has 8 heteroatoms. The summed E-state index contributed by atoms with van der Waals surface area (Å²) in [5.41, 5.74) is 2.29. The Morgan fingerprint density at radius 1 is 0.792 bits per heavy atom. The summed E-state index contributed by atoms with van der Waals surface area (Å²) in [5.74, 6) is 0.741. The Hall–Kier alpha value is -1.79. The largest absolute Gasteiger partial charge is 0.487 e. The summed E-state index contributed by atoms with van der Waals surface area (Å²) >= 11 is 0. The van der Waals surface area contributed by atoms with Crippen LogP contribution in [0.4, 0.5) is 0 Å². The van der Waals surface area contributed by atoms with Crippen molar-refractivity contribution in [2.45, 2.75) is 192 Å². The van der Waals surface area contributed by atoms with E-state index in [4.69, 9.17) is 27.8 Å². The van der Waals surface area contributed by atoms with Crippen molar-refractivity contribution in [3.63, 3.8) is 0 Å². The van der Waals surface area contributed by atoms with Crippen molar-refractivity contribution >= 4 is 16.6 Å². The van der Waals surface area contributed by atoms with Crippen LogP contribution in [0.2, 0.25) is 34.8 Å². The van der Waals surface area contributed by atoms with E-state index < -0.39 is 27.8 Å². The molecule has 2 saturated heterocycles. The molecule has 0 saturated carbocycles. The lowest BCUT2D eigenvalue weighted by Crippen LogP contribution is -2.67. The van der Waals surface area contributed by atoms with Crippen molar-refractivity contribution in [1.82, 2.24) is 0 Å². The minimum absolute atomic E-state index is 0.126.